The summed E-state index contributed by atoms with van der Waals surface area (Å²) in [7, 11) is 1.45. The van der Waals surface area contributed by atoms with Crippen molar-refractivity contribution in [1.29, 1.82) is 5.26 Å². The lowest BCUT2D eigenvalue weighted by Crippen LogP contribution is -2.29. The summed E-state index contributed by atoms with van der Waals surface area (Å²) in [4.78, 5) is 34.2. The number of nitriles is 1. The van der Waals surface area contributed by atoms with Crippen molar-refractivity contribution < 1.29 is 14.5 Å². The number of rotatable bonds is 5. The van der Waals surface area contributed by atoms with Crippen LogP contribution in [0.4, 0.5) is 11.4 Å². The number of aromatic nitrogens is 1. The first-order valence-electron chi connectivity index (χ1n) is 6.78. The van der Waals surface area contributed by atoms with Gasteiger partial charge in [0.25, 0.3) is 11.2 Å². The molecule has 0 saturated carbocycles. The van der Waals surface area contributed by atoms with Gasteiger partial charge in [0, 0.05) is 11.8 Å². The van der Waals surface area contributed by atoms with Gasteiger partial charge in [0.15, 0.2) is 0 Å². The smallest absolute Gasteiger partial charge is 0.287 e. The summed E-state index contributed by atoms with van der Waals surface area (Å²) < 4.78 is 5.80. The largest absolute Gasteiger partial charge is 0.495 e. The van der Waals surface area contributed by atoms with E-state index in [9.17, 15) is 19.7 Å². The van der Waals surface area contributed by atoms with Gasteiger partial charge in [-0.2, -0.15) is 5.26 Å². The molecule has 1 heterocycles. The van der Waals surface area contributed by atoms with Crippen LogP contribution in [0.5, 0.6) is 5.75 Å². The zero-order valence-electron chi connectivity index (χ0n) is 12.9. The molecule has 10 heteroatoms. The lowest BCUT2D eigenvalue weighted by molar-refractivity contribution is -0.385. The van der Waals surface area contributed by atoms with E-state index in [1.54, 1.807) is 18.2 Å². The predicted molar refractivity (Wildman–Crippen MR) is 88.7 cm³/mol. The maximum absolute atomic E-state index is 12.1. The molecule has 0 bridgehead atoms. The third-order valence-corrected chi connectivity index (χ3v) is 3.45. The van der Waals surface area contributed by atoms with Crippen molar-refractivity contribution in [3.63, 3.8) is 0 Å². The van der Waals surface area contributed by atoms with Crippen molar-refractivity contribution in [2.45, 2.75) is 6.54 Å². The Bertz CT molecular complexity index is 948. The number of nitro groups is 1. The fourth-order valence-electron chi connectivity index (χ4n) is 2.02. The third-order valence-electron chi connectivity index (χ3n) is 3.15. The van der Waals surface area contributed by atoms with E-state index in [4.69, 9.17) is 21.6 Å². The minimum absolute atomic E-state index is 0.277. The molecule has 25 heavy (non-hydrogen) atoms. The van der Waals surface area contributed by atoms with Crippen LogP contribution in [0, 0.1) is 21.4 Å². The Balaban J connectivity index is 2.25. The molecule has 1 N–H and O–H groups in total. The quantitative estimate of drug-likeness (QED) is 0.639. The van der Waals surface area contributed by atoms with Gasteiger partial charge in [-0.15, -0.1) is 0 Å². The van der Waals surface area contributed by atoms with E-state index in [2.05, 4.69) is 5.32 Å². The number of methoxy groups -OCH3 is 1. The van der Waals surface area contributed by atoms with Gasteiger partial charge in [-0.1, -0.05) is 11.6 Å². The number of anilines is 1. The number of nitrogens with zero attached hydrogens (tertiary/aromatic N) is 3. The molecule has 2 aromatic rings. The first-order chi connectivity index (χ1) is 11.8. The third kappa shape index (κ3) is 4.13. The Morgan fingerprint density at radius 2 is 2.20 bits per heavy atom. The van der Waals surface area contributed by atoms with Gasteiger partial charge in [-0.3, -0.25) is 24.3 Å². The summed E-state index contributed by atoms with van der Waals surface area (Å²) in [5, 5.41) is 22.5. The first-order valence-corrected chi connectivity index (χ1v) is 7.16. The monoisotopic (exact) mass is 362 g/mol. The van der Waals surface area contributed by atoms with Crippen molar-refractivity contribution in [2.75, 3.05) is 12.4 Å². The van der Waals surface area contributed by atoms with Gasteiger partial charge < -0.3 is 10.1 Å². The number of pyridine rings is 1. The van der Waals surface area contributed by atoms with E-state index in [1.165, 1.54) is 13.2 Å². The normalized spacial score (nSPS) is 9.96. The minimum atomic E-state index is -0.795. The van der Waals surface area contributed by atoms with Crippen LogP contribution in [0.2, 0.25) is 5.02 Å². The molecule has 0 aliphatic heterocycles. The highest BCUT2D eigenvalue weighted by Crippen LogP contribution is 2.27. The fraction of sp³-hybridized carbons (Fsp3) is 0.133. The van der Waals surface area contributed by atoms with Crippen LogP contribution in [0.1, 0.15) is 5.56 Å². The van der Waals surface area contributed by atoms with Crippen molar-refractivity contribution in [3.8, 4) is 11.8 Å². The SMILES string of the molecule is COc1ccc(NC(=O)Cn2cc([N+](=O)[O-])cc(C#N)c2=O)cc1Cl. The molecule has 0 aliphatic rings. The number of ether oxygens (including phenoxy) is 1. The predicted octanol–water partition coefficient (Wildman–Crippen LogP) is 1.93. The molecule has 0 aliphatic carbocycles. The van der Waals surface area contributed by atoms with Crippen LogP contribution in [-0.4, -0.2) is 22.5 Å². The summed E-state index contributed by atoms with van der Waals surface area (Å²) in [6, 6.07) is 6.98. The summed E-state index contributed by atoms with van der Waals surface area (Å²) >= 11 is 5.95. The maximum atomic E-state index is 12.1. The van der Waals surface area contributed by atoms with Gasteiger partial charge in [0.2, 0.25) is 5.91 Å². The molecular formula is C15H11ClN4O5. The van der Waals surface area contributed by atoms with Gasteiger partial charge in [0.05, 0.1) is 23.3 Å². The van der Waals surface area contributed by atoms with E-state index in [0.29, 0.717) is 11.4 Å². The average Bonchev–Trinajstić information content (AvgIpc) is 2.56. The molecule has 9 nitrogen and oxygen atoms in total. The Morgan fingerprint density at radius 1 is 1.48 bits per heavy atom. The second-order valence-corrected chi connectivity index (χ2v) is 5.22. The second kappa shape index (κ2) is 7.46. The van der Waals surface area contributed by atoms with E-state index < -0.39 is 34.2 Å². The number of halogens is 1. The topological polar surface area (TPSA) is 127 Å². The second-order valence-electron chi connectivity index (χ2n) is 4.81. The van der Waals surface area contributed by atoms with Gasteiger partial charge in [-0.25, -0.2) is 0 Å². The van der Waals surface area contributed by atoms with Gasteiger partial charge in [0.1, 0.15) is 23.9 Å². The molecular weight excluding hydrogens is 352 g/mol. The molecule has 0 unspecified atom stereocenters. The Hall–Kier alpha value is -3.38. The minimum Gasteiger partial charge on any atom is -0.495 e. The molecule has 0 saturated heterocycles. The molecule has 1 aromatic heterocycles. The van der Waals surface area contributed by atoms with Crippen LogP contribution >= 0.6 is 11.6 Å². The van der Waals surface area contributed by atoms with Crippen LogP contribution in [-0.2, 0) is 11.3 Å². The molecule has 1 aromatic carbocycles. The molecule has 0 spiro atoms. The number of hydrogen-bond donors (Lipinski definition) is 1. The van der Waals surface area contributed by atoms with E-state index in [1.807, 2.05) is 0 Å². The van der Waals surface area contributed by atoms with Crippen LogP contribution < -0.4 is 15.6 Å². The maximum Gasteiger partial charge on any atom is 0.287 e. The lowest BCUT2D eigenvalue weighted by atomic mass is 10.2. The summed E-state index contributed by atoms with van der Waals surface area (Å²) in [6.07, 6.45) is 0.907. The number of hydrogen-bond acceptors (Lipinski definition) is 6. The molecule has 0 atom stereocenters. The van der Waals surface area contributed by atoms with Crippen LogP contribution in [0.3, 0.4) is 0 Å². The fourth-order valence-corrected chi connectivity index (χ4v) is 2.27. The average molecular weight is 363 g/mol. The number of nitrogens with one attached hydrogen (secondary N) is 1. The van der Waals surface area contributed by atoms with E-state index in [0.717, 1.165) is 16.8 Å². The Morgan fingerprint density at radius 3 is 2.76 bits per heavy atom. The first kappa shape index (κ1) is 18.0. The summed E-state index contributed by atoms with van der Waals surface area (Å²) in [6.45, 7) is -0.501. The van der Waals surface area contributed by atoms with Crippen LogP contribution in [0.25, 0.3) is 0 Å². The zero-order valence-corrected chi connectivity index (χ0v) is 13.6. The molecule has 0 radical (unpaired) electrons. The standard InChI is InChI=1S/C15H11ClN4O5/c1-25-13-3-2-10(5-12(13)16)18-14(21)8-19-7-11(20(23)24)4-9(6-17)15(19)22/h2-5,7H,8H2,1H3,(H,18,21). The molecule has 128 valence electrons. The zero-order chi connectivity index (χ0) is 18.6. The highest BCUT2D eigenvalue weighted by atomic mass is 35.5. The number of amides is 1. The van der Waals surface area contributed by atoms with Gasteiger partial charge >= 0.3 is 0 Å². The number of benzene rings is 1. The van der Waals surface area contributed by atoms with E-state index >= 15 is 0 Å². The Kier molecular flexibility index (Phi) is 5.36. The molecule has 2 rings (SSSR count). The van der Waals surface area contributed by atoms with Crippen molar-refractivity contribution >= 4 is 28.9 Å². The van der Waals surface area contributed by atoms with Gasteiger partial charge in [-0.05, 0) is 18.2 Å². The van der Waals surface area contributed by atoms with E-state index in [-0.39, 0.29) is 5.02 Å². The van der Waals surface area contributed by atoms with Crippen molar-refractivity contribution in [3.05, 3.63) is 61.5 Å². The van der Waals surface area contributed by atoms with Crippen LogP contribution in [0.15, 0.2) is 35.3 Å². The van der Waals surface area contributed by atoms with Crippen molar-refractivity contribution in [2.24, 2.45) is 0 Å². The molecule has 0 fully saturated rings. The Labute approximate surface area is 146 Å². The lowest BCUT2D eigenvalue weighted by Gasteiger charge is -2.09. The summed E-state index contributed by atoms with van der Waals surface area (Å²) in [5.74, 6) is -0.194. The number of carbonyl (C=O) groups excluding carboxylic acids is 1. The number of carbonyl (C=O) groups is 1. The summed E-state index contributed by atoms with van der Waals surface area (Å²) in [5.41, 5.74) is -1.32. The van der Waals surface area contributed by atoms with Crippen molar-refractivity contribution in [1.82, 2.24) is 4.57 Å². The highest BCUT2D eigenvalue weighted by Gasteiger charge is 2.16. The molecule has 1 amide bonds. The highest BCUT2D eigenvalue weighted by molar-refractivity contribution is 6.32.